The van der Waals surface area contributed by atoms with E-state index < -0.39 is 23.8 Å². The van der Waals surface area contributed by atoms with E-state index in [-0.39, 0.29) is 43.4 Å². The van der Waals surface area contributed by atoms with Gasteiger partial charge in [0.05, 0.1) is 34.0 Å². The SMILES string of the molecule is Cc1c(Cl)c2c(Cl)c(C)c1-c1c(-c3ccc(F)cc3)sc3ncnc(c13)C1CC1[C@@H](C(=O)O)Cc1cc(ccc1OCC1=C/C=C\CCC(c3ccc(OC[C@H]4COC(C)(C)O4)cc3)=N1)OC[C@@H](CN1CCN(C)CC1)O2. The molecule has 6 aromatic rings. The molecular weight excluding hydrogens is 1040 g/mol. The lowest BCUT2D eigenvalue weighted by Crippen LogP contribution is -2.49. The van der Waals surface area contributed by atoms with Crippen LogP contribution < -0.4 is 18.9 Å². The van der Waals surface area contributed by atoms with Gasteiger partial charge in [-0.25, -0.2) is 14.4 Å². The minimum atomic E-state index is -0.920. The Hall–Kier alpha value is -5.91. The van der Waals surface area contributed by atoms with Gasteiger partial charge in [0.25, 0.3) is 0 Å². The summed E-state index contributed by atoms with van der Waals surface area (Å²) in [7, 11) is 2.12. The van der Waals surface area contributed by atoms with Crippen molar-refractivity contribution in [1.29, 1.82) is 0 Å². The van der Waals surface area contributed by atoms with Crippen LogP contribution in [0.25, 0.3) is 31.8 Å². The largest absolute Gasteiger partial charge is 0.491 e. The second-order valence-electron chi connectivity index (χ2n) is 21.2. The van der Waals surface area contributed by atoms with E-state index in [0.717, 1.165) is 105 Å². The third-order valence-corrected chi connectivity index (χ3v) is 17.3. The van der Waals surface area contributed by atoms with Crippen molar-refractivity contribution < 1.29 is 42.7 Å². The van der Waals surface area contributed by atoms with Crippen LogP contribution in [-0.2, 0) is 20.7 Å². The van der Waals surface area contributed by atoms with Crippen molar-refractivity contribution in [2.45, 2.75) is 77.3 Å². The quantitative estimate of drug-likeness (QED) is 0.132. The summed E-state index contributed by atoms with van der Waals surface area (Å²) >= 11 is 16.4. The van der Waals surface area contributed by atoms with E-state index >= 15 is 0 Å². The first kappa shape index (κ1) is 53.1. The van der Waals surface area contributed by atoms with E-state index in [4.69, 9.17) is 66.6 Å². The minimum Gasteiger partial charge on any atom is -0.491 e. The molecule has 77 heavy (non-hydrogen) atoms. The average molecular weight is 1100 g/mol. The summed E-state index contributed by atoms with van der Waals surface area (Å²) in [4.78, 5) is 34.8. The van der Waals surface area contributed by atoms with Crippen LogP contribution in [0.15, 0.2) is 102 Å². The molecular formula is C60H62Cl2FN5O8S. The first-order valence-corrected chi connectivity index (χ1v) is 27.9. The van der Waals surface area contributed by atoms with Gasteiger partial charge in [-0.3, -0.25) is 14.7 Å². The highest BCUT2D eigenvalue weighted by Gasteiger charge is 2.49. The zero-order valence-electron chi connectivity index (χ0n) is 43.8. The normalized spacial score (nSPS) is 23.0. The van der Waals surface area contributed by atoms with Crippen LogP contribution in [0.4, 0.5) is 4.39 Å². The first-order valence-electron chi connectivity index (χ1n) is 26.3. The summed E-state index contributed by atoms with van der Waals surface area (Å²) in [5, 5.41) is 12.7. The Balaban J connectivity index is 0.944. The summed E-state index contributed by atoms with van der Waals surface area (Å²) in [5.41, 5.74) is 7.92. The van der Waals surface area contributed by atoms with Crippen LogP contribution in [0, 0.1) is 31.5 Å². The third kappa shape index (κ3) is 11.6. The zero-order valence-corrected chi connectivity index (χ0v) is 46.2. The predicted molar refractivity (Wildman–Crippen MR) is 299 cm³/mol. The number of piperazine rings is 1. The lowest BCUT2D eigenvalue weighted by Gasteiger charge is -2.35. The zero-order chi connectivity index (χ0) is 53.5. The Bertz CT molecular complexity index is 3260. The van der Waals surface area contributed by atoms with Crippen LogP contribution in [0.1, 0.15) is 67.0 Å². The number of thiophene rings is 1. The molecule has 5 aliphatic heterocycles. The Labute approximate surface area is 462 Å². The molecule has 2 saturated heterocycles. The third-order valence-electron chi connectivity index (χ3n) is 15.3. The monoisotopic (exact) mass is 1100 g/mol. The number of ether oxygens (including phenoxy) is 6. The highest BCUT2D eigenvalue weighted by atomic mass is 35.5. The molecule has 6 aliphatic rings. The molecule has 402 valence electrons. The molecule has 1 aliphatic carbocycles. The van der Waals surface area contributed by atoms with E-state index in [0.29, 0.717) is 64.7 Å². The fourth-order valence-electron chi connectivity index (χ4n) is 11.1. The number of nitrogens with zero attached hydrogens (tertiary/aromatic N) is 5. The molecule has 4 aromatic carbocycles. The van der Waals surface area contributed by atoms with Gasteiger partial charge in [-0.1, -0.05) is 47.5 Å². The molecule has 0 spiro atoms. The van der Waals surface area contributed by atoms with Crippen LogP contribution in [0.5, 0.6) is 23.0 Å². The van der Waals surface area contributed by atoms with Crippen molar-refractivity contribution in [2.24, 2.45) is 16.8 Å². The van der Waals surface area contributed by atoms with E-state index in [2.05, 4.69) is 22.9 Å². The Morgan fingerprint density at radius 1 is 0.922 bits per heavy atom. The van der Waals surface area contributed by atoms with Crippen LogP contribution in [0.2, 0.25) is 10.0 Å². The molecule has 1 saturated carbocycles. The number of carboxylic acids is 1. The lowest BCUT2D eigenvalue weighted by molar-refractivity contribution is -0.142. The number of aromatic nitrogens is 2. The lowest BCUT2D eigenvalue weighted by atomic mass is 9.89. The van der Waals surface area contributed by atoms with Gasteiger partial charge < -0.3 is 38.4 Å². The van der Waals surface area contributed by atoms with Gasteiger partial charge in [0.15, 0.2) is 11.5 Å². The molecule has 2 unspecified atom stereocenters. The number of halogens is 3. The molecule has 12 rings (SSSR count). The number of carbonyl (C=O) groups is 1. The maximum Gasteiger partial charge on any atom is 0.307 e. The van der Waals surface area contributed by atoms with E-state index in [1.54, 1.807) is 18.5 Å². The van der Waals surface area contributed by atoms with Crippen molar-refractivity contribution in [3.05, 3.63) is 141 Å². The molecule has 3 fully saturated rings. The summed E-state index contributed by atoms with van der Waals surface area (Å²) in [6.07, 6.45) is 9.26. The molecule has 5 atom stereocenters. The standard InChI is InChI=1S/C60H62Cl2FN5O8S/c1-34-50-35(2)54(62)56(53(34)61)75-43(28-68-23-21-67(5)22-24-68)30-72-42-19-20-49(73-29-40-9-7-6-8-10-48(66-40)36-13-17-41(18-14-36)71-31-44-32-74-60(3,4)76-44)38(25-42)26-47(59(69)70)45-27-46(45)55-52-51(50)57(77-58(52)65-33-64-55)37-11-15-39(63)16-12-37/h6-7,9,11-20,25,33,43-47H,8,10,21-24,26-32H2,1-5H3,(H,69,70)/b7-6-,40-9?,66-48?/t43-,44+,45?,46?,47+/m1/s1. The number of benzene rings is 4. The van der Waals surface area contributed by atoms with E-state index in [1.807, 2.05) is 82.3 Å². The molecule has 13 nitrogen and oxygen atoms in total. The Kier molecular flexibility index (Phi) is 15.5. The highest BCUT2D eigenvalue weighted by molar-refractivity contribution is 7.22. The number of aliphatic carboxylic acids is 1. The van der Waals surface area contributed by atoms with E-state index in [9.17, 15) is 14.3 Å². The number of allylic oxidation sites excluding steroid dienone is 3. The van der Waals surface area contributed by atoms with Gasteiger partial charge in [-0.15, -0.1) is 11.3 Å². The molecule has 2 aromatic heterocycles. The summed E-state index contributed by atoms with van der Waals surface area (Å²) in [6.45, 7) is 12.9. The second kappa shape index (κ2) is 22.4. The van der Waals surface area contributed by atoms with Crippen molar-refractivity contribution in [3.63, 3.8) is 0 Å². The number of hydrogen-bond acceptors (Lipinski definition) is 13. The maximum absolute atomic E-state index is 14.5. The Morgan fingerprint density at radius 2 is 1.68 bits per heavy atom. The first-order chi connectivity index (χ1) is 37.2. The molecule has 1 N–H and O–H groups in total. The van der Waals surface area contributed by atoms with Crippen LogP contribution in [-0.4, -0.2) is 121 Å². The topological polar surface area (TPSA) is 137 Å². The van der Waals surface area contributed by atoms with Gasteiger partial charge >= 0.3 is 5.97 Å². The minimum absolute atomic E-state index is 0.127. The number of likely N-dealkylation sites (N-methyl/N-ethyl adjacent to an activating group) is 1. The average Bonchev–Trinajstić information content (AvgIpc) is 4.19. The molecule has 0 radical (unpaired) electrons. The van der Waals surface area contributed by atoms with Gasteiger partial charge in [0, 0.05) is 60.2 Å². The number of aliphatic imine (C=N–C) groups is 1. The van der Waals surface area contributed by atoms with Gasteiger partial charge in [-0.05, 0) is 160 Å². The number of fused-ring (bicyclic) bond motifs is 6. The Morgan fingerprint density at radius 3 is 2.40 bits per heavy atom. The fraction of sp³-hybridized carbons (Fsp3) is 0.400. The van der Waals surface area contributed by atoms with Crippen molar-refractivity contribution >= 4 is 56.4 Å². The summed E-state index contributed by atoms with van der Waals surface area (Å²) in [5.74, 6) is -1.03. The number of hydrogen-bond donors (Lipinski definition) is 1. The van der Waals surface area contributed by atoms with Gasteiger partial charge in [-0.2, -0.15) is 0 Å². The van der Waals surface area contributed by atoms with Crippen molar-refractivity contribution in [1.82, 2.24) is 19.8 Å². The van der Waals surface area contributed by atoms with Crippen LogP contribution in [0.3, 0.4) is 0 Å². The smallest absolute Gasteiger partial charge is 0.307 e. The van der Waals surface area contributed by atoms with E-state index in [1.165, 1.54) is 23.5 Å². The number of rotatable bonds is 11. The molecule has 7 heterocycles. The predicted octanol–water partition coefficient (Wildman–Crippen LogP) is 12.2. The maximum atomic E-state index is 14.5. The molecule has 17 heteroatoms. The van der Waals surface area contributed by atoms with Crippen molar-refractivity contribution in [3.8, 4) is 44.6 Å². The summed E-state index contributed by atoms with van der Waals surface area (Å²) < 4.78 is 52.5. The molecule has 4 bridgehead atoms. The van der Waals surface area contributed by atoms with Crippen molar-refractivity contribution in [2.75, 3.05) is 66.2 Å². The van der Waals surface area contributed by atoms with Gasteiger partial charge in [0.2, 0.25) is 0 Å². The van der Waals surface area contributed by atoms with Crippen LogP contribution >= 0.6 is 34.5 Å². The fourth-order valence-corrected chi connectivity index (χ4v) is 12.7. The molecule has 0 amide bonds. The highest BCUT2D eigenvalue weighted by Crippen LogP contribution is 2.58. The second-order valence-corrected chi connectivity index (χ2v) is 22.9. The van der Waals surface area contributed by atoms with Gasteiger partial charge in [0.1, 0.15) is 66.3 Å². The summed E-state index contributed by atoms with van der Waals surface area (Å²) in [6, 6.07) is 19.9. The number of carboxylic acid groups (broad SMARTS) is 1.